The Kier molecular flexibility index (Phi) is 10.1. The van der Waals surface area contributed by atoms with Crippen molar-refractivity contribution in [3.63, 3.8) is 0 Å². The van der Waals surface area contributed by atoms with Crippen LogP contribution in [0.1, 0.15) is 29.2 Å². The average molecular weight is 710 g/mol. The highest BCUT2D eigenvalue weighted by atomic mass is 79.9. The summed E-state index contributed by atoms with van der Waals surface area (Å²) in [7, 11) is 0. The van der Waals surface area contributed by atoms with Crippen molar-refractivity contribution in [2.45, 2.75) is 27.1 Å². The number of rotatable bonds is 10. The summed E-state index contributed by atoms with van der Waals surface area (Å²) in [6, 6.07) is 21.9. The number of nitrogens with zero attached hydrogens (tertiary/aromatic N) is 1. The van der Waals surface area contributed by atoms with Crippen LogP contribution in [0.2, 0.25) is 10.0 Å². The highest BCUT2D eigenvalue weighted by Gasteiger charge is 2.37. The van der Waals surface area contributed by atoms with E-state index < -0.39 is 17.8 Å². The molecule has 4 aromatic carbocycles. The lowest BCUT2D eigenvalue weighted by molar-refractivity contribution is -0.122. The number of benzene rings is 4. The summed E-state index contributed by atoms with van der Waals surface area (Å²) in [5.74, 6) is -0.192. The Morgan fingerprint density at radius 3 is 2.29 bits per heavy atom. The topological polar surface area (TPSA) is 94.2 Å². The number of hydrogen-bond acceptors (Lipinski definition) is 6. The average Bonchev–Trinajstić information content (AvgIpc) is 3.00. The minimum absolute atomic E-state index is 0.189. The largest absolute Gasteiger partial charge is 0.490 e. The van der Waals surface area contributed by atoms with Crippen LogP contribution in [-0.2, 0) is 22.8 Å². The van der Waals surface area contributed by atoms with Crippen molar-refractivity contribution in [2.24, 2.45) is 0 Å². The summed E-state index contributed by atoms with van der Waals surface area (Å²) in [4.78, 5) is 40.0. The molecule has 0 saturated carbocycles. The summed E-state index contributed by atoms with van der Waals surface area (Å²) in [6.45, 7) is 4.72. The predicted octanol–water partition coefficient (Wildman–Crippen LogP) is 8.29. The van der Waals surface area contributed by atoms with Crippen LogP contribution in [0.15, 0.2) is 88.9 Å². The van der Waals surface area contributed by atoms with E-state index in [9.17, 15) is 14.4 Å². The number of halogens is 3. The Morgan fingerprint density at radius 2 is 1.60 bits per heavy atom. The van der Waals surface area contributed by atoms with Crippen LogP contribution in [0.5, 0.6) is 17.2 Å². The molecule has 1 saturated heterocycles. The van der Waals surface area contributed by atoms with Gasteiger partial charge in [-0.05, 0) is 95.5 Å². The quantitative estimate of drug-likeness (QED) is 0.132. The van der Waals surface area contributed by atoms with Crippen LogP contribution in [0.25, 0.3) is 6.08 Å². The first-order chi connectivity index (χ1) is 21.6. The van der Waals surface area contributed by atoms with Gasteiger partial charge in [0.2, 0.25) is 0 Å². The first kappa shape index (κ1) is 32.1. The lowest BCUT2D eigenvalue weighted by Crippen LogP contribution is -2.54. The molecular formula is C34H27BrCl2N2O6. The number of nitrogens with one attached hydrogen (secondary N) is 1. The van der Waals surface area contributed by atoms with Crippen molar-refractivity contribution in [1.29, 1.82) is 0 Å². The van der Waals surface area contributed by atoms with E-state index in [1.807, 2.05) is 38.1 Å². The van der Waals surface area contributed by atoms with Gasteiger partial charge in [0.05, 0.1) is 16.8 Å². The molecule has 0 radical (unpaired) electrons. The van der Waals surface area contributed by atoms with Crippen LogP contribution in [0.4, 0.5) is 10.5 Å². The third-order valence-electron chi connectivity index (χ3n) is 6.75. The molecule has 0 bridgehead atoms. The van der Waals surface area contributed by atoms with E-state index in [1.165, 1.54) is 6.08 Å². The molecule has 1 fully saturated rings. The molecule has 230 valence electrons. The van der Waals surface area contributed by atoms with E-state index in [2.05, 4.69) is 21.2 Å². The van der Waals surface area contributed by atoms with E-state index in [-0.39, 0.29) is 17.9 Å². The lowest BCUT2D eigenvalue weighted by atomic mass is 10.1. The molecule has 0 aromatic heterocycles. The lowest BCUT2D eigenvalue weighted by Gasteiger charge is -2.26. The van der Waals surface area contributed by atoms with Gasteiger partial charge in [-0.25, -0.2) is 9.69 Å². The van der Waals surface area contributed by atoms with Crippen molar-refractivity contribution >= 4 is 68.7 Å². The molecule has 45 heavy (non-hydrogen) atoms. The van der Waals surface area contributed by atoms with Gasteiger partial charge < -0.3 is 14.2 Å². The fourth-order valence-electron chi connectivity index (χ4n) is 4.46. The minimum atomic E-state index is -0.861. The molecule has 0 atom stereocenters. The van der Waals surface area contributed by atoms with Crippen molar-refractivity contribution in [3.05, 3.63) is 121 Å². The molecule has 5 rings (SSSR count). The van der Waals surface area contributed by atoms with Gasteiger partial charge in [0.25, 0.3) is 11.8 Å². The number of aryl methyl sites for hydroxylation is 1. The number of barbiturate groups is 1. The third kappa shape index (κ3) is 7.68. The second-order valence-electron chi connectivity index (χ2n) is 10.0. The van der Waals surface area contributed by atoms with Crippen molar-refractivity contribution < 1.29 is 28.6 Å². The van der Waals surface area contributed by atoms with Crippen molar-refractivity contribution in [2.75, 3.05) is 11.5 Å². The van der Waals surface area contributed by atoms with Crippen LogP contribution >= 0.6 is 39.1 Å². The molecule has 11 heteroatoms. The monoisotopic (exact) mass is 708 g/mol. The van der Waals surface area contributed by atoms with Gasteiger partial charge in [-0.1, -0.05) is 59.1 Å². The summed E-state index contributed by atoms with van der Waals surface area (Å²) in [5, 5.41) is 3.24. The maximum atomic E-state index is 13.5. The Morgan fingerprint density at radius 1 is 0.867 bits per heavy atom. The Hall–Kier alpha value is -4.31. The molecule has 1 N–H and O–H groups in total. The van der Waals surface area contributed by atoms with E-state index >= 15 is 0 Å². The molecule has 1 aliphatic rings. The number of ether oxygens (including phenoxy) is 3. The maximum absolute atomic E-state index is 13.5. The molecule has 0 unspecified atom stereocenters. The number of amides is 4. The number of urea groups is 1. The van der Waals surface area contributed by atoms with Gasteiger partial charge in [-0.2, -0.15) is 0 Å². The van der Waals surface area contributed by atoms with Gasteiger partial charge in [0, 0.05) is 15.6 Å². The first-order valence-electron chi connectivity index (χ1n) is 13.9. The second kappa shape index (κ2) is 14.2. The SMILES string of the molecule is CCOc1cc(/C=C2\C(=O)NC(=O)N(c3ccc(OCc4ccc(Cl)cc4Cl)cc3)C2=O)cc(Br)c1OCc1ccc(C)cc1. The van der Waals surface area contributed by atoms with Crippen LogP contribution in [0.3, 0.4) is 0 Å². The number of imide groups is 2. The summed E-state index contributed by atoms with van der Waals surface area (Å²) in [5.41, 5.74) is 3.40. The number of carbonyl (C=O) groups is 3. The van der Waals surface area contributed by atoms with Gasteiger partial charge in [-0.15, -0.1) is 0 Å². The standard InChI is InChI=1S/C34H27BrCl2N2O6/c1-3-43-30-16-22(15-28(35)31(30)45-18-21-6-4-20(2)5-7-21)14-27-32(40)38-34(42)39(33(27)41)25-10-12-26(13-11-25)44-19-23-8-9-24(36)17-29(23)37/h4-17H,3,18-19H2,1-2H3,(H,38,40,42)/b27-14+. The second-order valence-corrected chi connectivity index (χ2v) is 11.7. The Bertz CT molecular complexity index is 1790. The fourth-order valence-corrected chi connectivity index (χ4v) is 5.50. The third-order valence-corrected chi connectivity index (χ3v) is 7.93. The first-order valence-corrected chi connectivity index (χ1v) is 15.4. The molecular weight excluding hydrogens is 683 g/mol. The fraction of sp³-hybridized carbons (Fsp3) is 0.147. The van der Waals surface area contributed by atoms with E-state index in [0.29, 0.717) is 50.5 Å². The summed E-state index contributed by atoms with van der Waals surface area (Å²) in [6.07, 6.45) is 1.40. The zero-order valence-electron chi connectivity index (χ0n) is 24.2. The molecule has 0 aliphatic carbocycles. The predicted molar refractivity (Wildman–Crippen MR) is 177 cm³/mol. The van der Waals surface area contributed by atoms with E-state index in [4.69, 9.17) is 37.4 Å². The van der Waals surface area contributed by atoms with Gasteiger partial charge in [0.1, 0.15) is 24.5 Å². The van der Waals surface area contributed by atoms with Gasteiger partial charge in [0.15, 0.2) is 11.5 Å². The van der Waals surface area contributed by atoms with Gasteiger partial charge >= 0.3 is 6.03 Å². The zero-order valence-corrected chi connectivity index (χ0v) is 27.3. The summed E-state index contributed by atoms with van der Waals surface area (Å²) >= 11 is 15.7. The number of anilines is 1. The van der Waals surface area contributed by atoms with Gasteiger partial charge in [-0.3, -0.25) is 14.9 Å². The molecule has 1 heterocycles. The van der Waals surface area contributed by atoms with E-state index in [1.54, 1.807) is 54.6 Å². The van der Waals surface area contributed by atoms with Crippen LogP contribution < -0.4 is 24.4 Å². The number of carbonyl (C=O) groups excluding carboxylic acids is 3. The normalized spacial score (nSPS) is 14.0. The minimum Gasteiger partial charge on any atom is -0.490 e. The Balaban J connectivity index is 1.35. The molecule has 4 aromatic rings. The van der Waals surface area contributed by atoms with Crippen LogP contribution in [-0.4, -0.2) is 24.5 Å². The Labute approximate surface area is 278 Å². The number of hydrogen-bond donors (Lipinski definition) is 1. The molecule has 0 spiro atoms. The zero-order chi connectivity index (χ0) is 32.1. The van der Waals surface area contributed by atoms with E-state index in [0.717, 1.165) is 21.6 Å². The van der Waals surface area contributed by atoms with Crippen molar-refractivity contribution in [1.82, 2.24) is 5.32 Å². The smallest absolute Gasteiger partial charge is 0.335 e. The maximum Gasteiger partial charge on any atom is 0.335 e. The van der Waals surface area contributed by atoms with Crippen molar-refractivity contribution in [3.8, 4) is 17.2 Å². The molecule has 8 nitrogen and oxygen atoms in total. The molecule has 1 aliphatic heterocycles. The summed E-state index contributed by atoms with van der Waals surface area (Å²) < 4.78 is 18.3. The van der Waals surface area contributed by atoms with Crippen LogP contribution in [0, 0.1) is 6.92 Å². The highest BCUT2D eigenvalue weighted by Crippen LogP contribution is 2.38. The molecule has 4 amide bonds. The highest BCUT2D eigenvalue weighted by molar-refractivity contribution is 9.10.